The molecule has 0 bridgehead atoms. The van der Waals surface area contributed by atoms with E-state index in [4.69, 9.17) is 0 Å². The first-order valence-corrected chi connectivity index (χ1v) is 9.06. The van der Waals surface area contributed by atoms with E-state index in [0.29, 0.717) is 17.4 Å². The van der Waals surface area contributed by atoms with Crippen molar-refractivity contribution in [3.05, 3.63) is 37.7 Å². The van der Waals surface area contributed by atoms with Gasteiger partial charge in [0.25, 0.3) is 5.56 Å². The lowest BCUT2D eigenvalue weighted by molar-refractivity contribution is -0.120. The van der Waals surface area contributed by atoms with Crippen molar-refractivity contribution in [2.45, 2.75) is 51.1 Å². The normalized spacial score (nSPS) is 12.2. The van der Waals surface area contributed by atoms with E-state index < -0.39 is 0 Å². The zero-order chi connectivity index (χ0) is 17.0. The van der Waals surface area contributed by atoms with Crippen LogP contribution in [0.1, 0.15) is 35.1 Å². The lowest BCUT2D eigenvalue weighted by Gasteiger charge is -2.11. The van der Waals surface area contributed by atoms with E-state index in [0.717, 1.165) is 22.0 Å². The molecule has 0 saturated heterocycles. The highest BCUT2D eigenvalue weighted by atomic mass is 32.2. The maximum atomic E-state index is 12.2. The van der Waals surface area contributed by atoms with Crippen LogP contribution in [0.2, 0.25) is 0 Å². The molecule has 0 spiro atoms. The van der Waals surface area contributed by atoms with Crippen LogP contribution in [-0.4, -0.2) is 26.1 Å². The fourth-order valence-corrected chi connectivity index (χ4v) is 3.77. The van der Waals surface area contributed by atoms with Crippen LogP contribution in [0.25, 0.3) is 0 Å². The number of aryl methyl sites for hydroxylation is 3. The Morgan fingerprint density at radius 3 is 2.78 bits per heavy atom. The number of aromatic nitrogens is 3. The molecule has 0 unspecified atom stereocenters. The second kappa shape index (κ2) is 7.74. The molecule has 8 heteroatoms. The molecule has 2 rings (SSSR count). The minimum atomic E-state index is -0.348. The van der Waals surface area contributed by atoms with Crippen molar-refractivity contribution in [3.63, 3.8) is 0 Å². The van der Waals surface area contributed by atoms with Gasteiger partial charge >= 0.3 is 0 Å². The molecule has 1 atom stereocenters. The number of rotatable bonds is 6. The minimum absolute atomic E-state index is 0.0926. The first kappa shape index (κ1) is 17.7. The largest absolute Gasteiger partial charge is 0.350 e. The van der Waals surface area contributed by atoms with Gasteiger partial charge in [-0.2, -0.15) is 0 Å². The average molecular weight is 352 g/mol. The second-order valence-corrected chi connectivity index (χ2v) is 7.64. The van der Waals surface area contributed by atoms with Crippen LogP contribution in [-0.2, 0) is 17.8 Å². The average Bonchev–Trinajstić information content (AvgIpc) is 2.84. The summed E-state index contributed by atoms with van der Waals surface area (Å²) in [6, 6.07) is 1.42. The van der Waals surface area contributed by atoms with Crippen LogP contribution in [0, 0.1) is 13.8 Å². The Bertz CT molecular complexity index is 754. The molecule has 2 N–H and O–H groups in total. The molecule has 6 nitrogen and oxygen atoms in total. The van der Waals surface area contributed by atoms with Crippen molar-refractivity contribution in [2.24, 2.45) is 0 Å². The molecule has 0 saturated carbocycles. The zero-order valence-electron chi connectivity index (χ0n) is 13.6. The van der Waals surface area contributed by atoms with Crippen LogP contribution in [0.3, 0.4) is 0 Å². The van der Waals surface area contributed by atoms with Gasteiger partial charge in [-0.3, -0.25) is 9.59 Å². The molecule has 23 heavy (non-hydrogen) atoms. The molecule has 2 aromatic rings. The number of nitrogens with zero attached hydrogens (tertiary/aromatic N) is 2. The van der Waals surface area contributed by atoms with Crippen LogP contribution < -0.4 is 10.9 Å². The number of aromatic amines is 1. The number of nitrogens with one attached hydrogen (secondary N) is 2. The molecule has 0 aliphatic rings. The third-order valence-electron chi connectivity index (χ3n) is 3.17. The van der Waals surface area contributed by atoms with Gasteiger partial charge < -0.3 is 10.3 Å². The van der Waals surface area contributed by atoms with Gasteiger partial charge in [-0.05, 0) is 27.2 Å². The third kappa shape index (κ3) is 4.90. The Morgan fingerprint density at radius 1 is 1.43 bits per heavy atom. The number of thiazole rings is 1. The van der Waals surface area contributed by atoms with E-state index >= 15 is 0 Å². The van der Waals surface area contributed by atoms with E-state index in [-0.39, 0.29) is 16.7 Å². The molecule has 0 fully saturated rings. The fraction of sp³-hybridized carbons (Fsp3) is 0.467. The SMILES string of the molecule is CCc1nc(C)c(CNC(=O)[C@@H](C)Sc2nc(C)cc(=O)[nH]2)s1. The Balaban J connectivity index is 1.94. The van der Waals surface area contributed by atoms with Crippen LogP contribution >= 0.6 is 23.1 Å². The molecule has 2 aromatic heterocycles. The van der Waals surface area contributed by atoms with E-state index in [1.54, 1.807) is 25.2 Å². The maximum Gasteiger partial charge on any atom is 0.251 e. The second-order valence-electron chi connectivity index (χ2n) is 5.14. The van der Waals surface area contributed by atoms with Crippen molar-refractivity contribution >= 4 is 29.0 Å². The van der Waals surface area contributed by atoms with E-state index in [2.05, 4.69) is 27.2 Å². The highest BCUT2D eigenvalue weighted by Crippen LogP contribution is 2.20. The Labute approximate surface area is 143 Å². The fourth-order valence-electron chi connectivity index (χ4n) is 1.94. The summed E-state index contributed by atoms with van der Waals surface area (Å²) in [6.45, 7) is 8.04. The predicted molar refractivity (Wildman–Crippen MR) is 93.0 cm³/mol. The summed E-state index contributed by atoms with van der Waals surface area (Å²) in [4.78, 5) is 36.0. The quantitative estimate of drug-likeness (QED) is 0.615. The third-order valence-corrected chi connectivity index (χ3v) is 5.45. The summed E-state index contributed by atoms with van der Waals surface area (Å²) in [7, 11) is 0. The van der Waals surface area contributed by atoms with Crippen molar-refractivity contribution in [2.75, 3.05) is 0 Å². The number of amides is 1. The Hall–Kier alpha value is -1.67. The van der Waals surface area contributed by atoms with Crippen molar-refractivity contribution in [1.82, 2.24) is 20.3 Å². The summed E-state index contributed by atoms with van der Waals surface area (Å²) < 4.78 is 0. The molecule has 0 aliphatic carbocycles. The van der Waals surface area contributed by atoms with Crippen molar-refractivity contribution in [3.8, 4) is 0 Å². The van der Waals surface area contributed by atoms with E-state index in [1.165, 1.54) is 17.8 Å². The number of carbonyl (C=O) groups is 1. The van der Waals surface area contributed by atoms with Gasteiger partial charge in [-0.1, -0.05) is 18.7 Å². The van der Waals surface area contributed by atoms with Crippen molar-refractivity contribution in [1.29, 1.82) is 0 Å². The number of hydrogen-bond acceptors (Lipinski definition) is 6. The predicted octanol–water partition coefficient (Wildman–Crippen LogP) is 2.20. The molecule has 124 valence electrons. The zero-order valence-corrected chi connectivity index (χ0v) is 15.2. The van der Waals surface area contributed by atoms with E-state index in [9.17, 15) is 9.59 Å². The highest BCUT2D eigenvalue weighted by molar-refractivity contribution is 8.00. The summed E-state index contributed by atoms with van der Waals surface area (Å²) in [5.41, 5.74) is 1.40. The number of thioether (sulfide) groups is 1. The van der Waals surface area contributed by atoms with Crippen LogP contribution in [0.4, 0.5) is 0 Å². The van der Waals surface area contributed by atoms with Crippen molar-refractivity contribution < 1.29 is 4.79 Å². The van der Waals surface area contributed by atoms with Gasteiger partial charge in [-0.15, -0.1) is 11.3 Å². The summed E-state index contributed by atoms with van der Waals surface area (Å²) >= 11 is 2.87. The highest BCUT2D eigenvalue weighted by Gasteiger charge is 2.16. The number of carbonyl (C=O) groups excluding carboxylic acids is 1. The van der Waals surface area contributed by atoms with Gasteiger partial charge in [0, 0.05) is 16.6 Å². The van der Waals surface area contributed by atoms with Crippen LogP contribution in [0.15, 0.2) is 16.0 Å². The van der Waals surface area contributed by atoms with Gasteiger partial charge in [0.1, 0.15) is 0 Å². The molecular formula is C15H20N4O2S2. The Morgan fingerprint density at radius 2 is 2.17 bits per heavy atom. The molecular weight excluding hydrogens is 332 g/mol. The molecule has 0 aliphatic heterocycles. The maximum absolute atomic E-state index is 12.2. The standard InChI is InChI=1S/C15H20N4O2S2/c1-5-13-18-9(3)11(23-13)7-16-14(21)10(4)22-15-17-8(2)6-12(20)19-15/h6,10H,5,7H2,1-4H3,(H,16,21)(H,17,19,20)/t10-/m1/s1. The van der Waals surface area contributed by atoms with Gasteiger partial charge in [0.15, 0.2) is 5.16 Å². The molecule has 0 aromatic carbocycles. The number of hydrogen-bond donors (Lipinski definition) is 2. The minimum Gasteiger partial charge on any atom is -0.350 e. The molecule has 0 radical (unpaired) electrons. The summed E-state index contributed by atoms with van der Waals surface area (Å²) in [6.07, 6.45) is 0.901. The van der Waals surface area contributed by atoms with E-state index in [1.807, 2.05) is 6.92 Å². The summed E-state index contributed by atoms with van der Waals surface area (Å²) in [5, 5.41) is 4.11. The first-order chi connectivity index (χ1) is 10.9. The smallest absolute Gasteiger partial charge is 0.251 e. The van der Waals surface area contributed by atoms with Crippen LogP contribution in [0.5, 0.6) is 0 Å². The lowest BCUT2D eigenvalue weighted by Crippen LogP contribution is -2.30. The summed E-state index contributed by atoms with van der Waals surface area (Å²) in [5.74, 6) is -0.0926. The first-order valence-electron chi connectivity index (χ1n) is 7.36. The monoisotopic (exact) mass is 352 g/mol. The molecule has 2 heterocycles. The molecule has 1 amide bonds. The topological polar surface area (TPSA) is 87.7 Å². The lowest BCUT2D eigenvalue weighted by atomic mass is 10.3. The number of H-pyrrole nitrogens is 1. The Kier molecular flexibility index (Phi) is 5.95. The van der Waals surface area contributed by atoms with Gasteiger partial charge in [-0.25, -0.2) is 9.97 Å². The van der Waals surface area contributed by atoms with Gasteiger partial charge in [0.05, 0.1) is 22.5 Å². The van der Waals surface area contributed by atoms with Gasteiger partial charge in [0.2, 0.25) is 5.91 Å².